The van der Waals surface area contributed by atoms with Gasteiger partial charge in [0.05, 0.1) is 12.7 Å². The Balaban J connectivity index is 2.00. The minimum atomic E-state index is 0.00915. The smallest absolute Gasteiger partial charge is 0.142 e. The lowest BCUT2D eigenvalue weighted by Crippen LogP contribution is -2.27. The summed E-state index contributed by atoms with van der Waals surface area (Å²) >= 11 is 0. The van der Waals surface area contributed by atoms with Gasteiger partial charge in [-0.05, 0) is 24.8 Å². The molecule has 0 radical (unpaired) electrons. The highest BCUT2D eigenvalue weighted by atomic mass is 16.5. The third-order valence-electron chi connectivity index (χ3n) is 3.96. The maximum Gasteiger partial charge on any atom is 0.142 e. The number of aromatic nitrogens is 1. The zero-order chi connectivity index (χ0) is 13.7. The fraction of sp³-hybridized carbons (Fsp3) is 0.600. The molecule has 0 bridgehead atoms. The molecule has 1 aromatic rings. The van der Waals surface area contributed by atoms with E-state index in [-0.39, 0.29) is 5.84 Å². The van der Waals surface area contributed by atoms with Gasteiger partial charge in [0.1, 0.15) is 11.5 Å². The molecule has 19 heavy (non-hydrogen) atoms. The Kier molecular flexibility index (Phi) is 4.91. The van der Waals surface area contributed by atoms with Crippen LogP contribution in [-0.2, 0) is 11.3 Å². The predicted molar refractivity (Wildman–Crippen MR) is 76.1 cm³/mol. The Morgan fingerprint density at radius 3 is 3.00 bits per heavy atom. The molecule has 1 aromatic heterocycles. The molecular formula is C15H23N3O. The van der Waals surface area contributed by atoms with E-state index in [1.807, 2.05) is 12.1 Å². The van der Waals surface area contributed by atoms with Gasteiger partial charge in [0.2, 0.25) is 0 Å². The van der Waals surface area contributed by atoms with Crippen LogP contribution in [0.4, 0.5) is 0 Å². The fourth-order valence-electron chi connectivity index (χ4n) is 2.85. The van der Waals surface area contributed by atoms with Crippen LogP contribution in [-0.4, -0.2) is 16.9 Å². The number of rotatable bonds is 5. The van der Waals surface area contributed by atoms with E-state index in [0.717, 1.165) is 12.0 Å². The lowest BCUT2D eigenvalue weighted by Gasteiger charge is -2.30. The summed E-state index contributed by atoms with van der Waals surface area (Å²) in [4.78, 5) is 4.15. The summed E-state index contributed by atoms with van der Waals surface area (Å²) in [5, 5.41) is 7.53. The van der Waals surface area contributed by atoms with Gasteiger partial charge in [-0.3, -0.25) is 10.4 Å². The largest absolute Gasteiger partial charge is 0.382 e. The van der Waals surface area contributed by atoms with Crippen LogP contribution in [0.25, 0.3) is 0 Å². The molecule has 4 nitrogen and oxygen atoms in total. The van der Waals surface area contributed by atoms with Crippen molar-refractivity contribution in [2.45, 2.75) is 51.7 Å². The highest BCUT2D eigenvalue weighted by molar-refractivity contribution is 5.94. The Bertz CT molecular complexity index is 433. The lowest BCUT2D eigenvalue weighted by atomic mass is 9.85. The monoisotopic (exact) mass is 261 g/mol. The van der Waals surface area contributed by atoms with Crippen LogP contribution in [0.15, 0.2) is 18.3 Å². The van der Waals surface area contributed by atoms with E-state index in [1.165, 1.54) is 25.7 Å². The molecular weight excluding hydrogens is 238 g/mol. The second-order valence-electron chi connectivity index (χ2n) is 5.23. The molecule has 4 heteroatoms. The fourth-order valence-corrected chi connectivity index (χ4v) is 2.85. The summed E-state index contributed by atoms with van der Waals surface area (Å²) in [6.07, 6.45) is 8.19. The van der Waals surface area contributed by atoms with Gasteiger partial charge in [0, 0.05) is 11.8 Å². The zero-order valence-corrected chi connectivity index (χ0v) is 11.6. The number of hydrogen-bond acceptors (Lipinski definition) is 3. The van der Waals surface area contributed by atoms with E-state index >= 15 is 0 Å². The first kappa shape index (κ1) is 14.0. The molecule has 0 spiro atoms. The quantitative estimate of drug-likeness (QED) is 0.632. The summed E-state index contributed by atoms with van der Waals surface area (Å²) in [5.41, 5.74) is 7.00. The van der Waals surface area contributed by atoms with Gasteiger partial charge in [-0.1, -0.05) is 32.3 Å². The van der Waals surface area contributed by atoms with Crippen molar-refractivity contribution in [3.05, 3.63) is 29.6 Å². The van der Waals surface area contributed by atoms with Gasteiger partial charge >= 0.3 is 0 Å². The average molecular weight is 261 g/mol. The van der Waals surface area contributed by atoms with Crippen LogP contribution < -0.4 is 5.73 Å². The maximum absolute atomic E-state index is 7.53. The van der Waals surface area contributed by atoms with Crippen LogP contribution >= 0.6 is 0 Å². The van der Waals surface area contributed by atoms with E-state index in [1.54, 1.807) is 6.20 Å². The van der Waals surface area contributed by atoms with Crippen molar-refractivity contribution in [2.75, 3.05) is 0 Å². The Labute approximate surface area is 114 Å². The van der Waals surface area contributed by atoms with E-state index < -0.39 is 0 Å². The summed E-state index contributed by atoms with van der Waals surface area (Å²) < 4.78 is 6.07. The Morgan fingerprint density at radius 1 is 1.47 bits per heavy atom. The first-order valence-electron chi connectivity index (χ1n) is 7.12. The highest BCUT2D eigenvalue weighted by Crippen LogP contribution is 2.29. The van der Waals surface area contributed by atoms with Crippen molar-refractivity contribution in [3.63, 3.8) is 0 Å². The Morgan fingerprint density at radius 2 is 2.26 bits per heavy atom. The first-order valence-corrected chi connectivity index (χ1v) is 7.12. The lowest BCUT2D eigenvalue weighted by molar-refractivity contribution is -0.0223. The van der Waals surface area contributed by atoms with E-state index in [2.05, 4.69) is 11.9 Å². The topological polar surface area (TPSA) is 72.0 Å². The molecule has 3 N–H and O–H groups in total. The summed E-state index contributed by atoms with van der Waals surface area (Å²) in [6, 6.07) is 3.80. The summed E-state index contributed by atoms with van der Waals surface area (Å²) in [7, 11) is 0. The SMILES string of the molecule is CCC1CCCCC1OCc1cccnc1C(=N)N. The zero-order valence-electron chi connectivity index (χ0n) is 11.6. The maximum atomic E-state index is 7.53. The molecule has 2 unspecified atom stereocenters. The molecule has 0 aromatic carbocycles. The minimum absolute atomic E-state index is 0.00915. The van der Waals surface area contributed by atoms with Gasteiger partial charge in [-0.15, -0.1) is 0 Å². The molecule has 0 saturated heterocycles. The number of amidine groups is 1. The van der Waals surface area contributed by atoms with Gasteiger partial charge in [0.15, 0.2) is 0 Å². The number of nitrogen functional groups attached to an aromatic ring is 1. The van der Waals surface area contributed by atoms with Crippen LogP contribution in [0.3, 0.4) is 0 Å². The van der Waals surface area contributed by atoms with Crippen LogP contribution in [0, 0.1) is 11.3 Å². The van der Waals surface area contributed by atoms with Crippen LogP contribution in [0.5, 0.6) is 0 Å². The molecule has 1 heterocycles. The number of pyridine rings is 1. The molecule has 1 aliphatic rings. The average Bonchev–Trinajstić information content (AvgIpc) is 2.45. The Hall–Kier alpha value is -1.42. The number of hydrogen-bond donors (Lipinski definition) is 2. The van der Waals surface area contributed by atoms with E-state index in [9.17, 15) is 0 Å². The molecule has 0 amide bonds. The molecule has 104 valence electrons. The summed E-state index contributed by atoms with van der Waals surface area (Å²) in [5.74, 6) is 0.682. The van der Waals surface area contributed by atoms with Crippen molar-refractivity contribution in [2.24, 2.45) is 11.7 Å². The normalized spacial score (nSPS) is 23.2. The van der Waals surface area contributed by atoms with Crippen molar-refractivity contribution >= 4 is 5.84 Å². The second kappa shape index (κ2) is 6.66. The van der Waals surface area contributed by atoms with Crippen LogP contribution in [0.2, 0.25) is 0 Å². The van der Waals surface area contributed by atoms with Crippen LogP contribution in [0.1, 0.15) is 50.3 Å². The minimum Gasteiger partial charge on any atom is -0.382 e. The molecule has 2 rings (SSSR count). The summed E-state index contributed by atoms with van der Waals surface area (Å²) in [6.45, 7) is 2.74. The number of nitrogens with one attached hydrogen (secondary N) is 1. The standard InChI is InChI=1S/C15H23N3O/c1-2-11-6-3-4-8-13(11)19-10-12-7-5-9-18-14(12)15(16)17/h5,7,9,11,13H,2-4,6,8,10H2,1H3,(H3,16,17). The van der Waals surface area contributed by atoms with Crippen molar-refractivity contribution in [1.82, 2.24) is 4.98 Å². The molecule has 2 atom stereocenters. The highest BCUT2D eigenvalue weighted by Gasteiger charge is 2.24. The second-order valence-corrected chi connectivity index (χ2v) is 5.23. The van der Waals surface area contributed by atoms with Gasteiger partial charge in [-0.2, -0.15) is 0 Å². The van der Waals surface area contributed by atoms with E-state index in [0.29, 0.717) is 24.3 Å². The van der Waals surface area contributed by atoms with Gasteiger partial charge < -0.3 is 10.5 Å². The predicted octanol–water partition coefficient (Wildman–Crippen LogP) is 2.85. The molecule has 0 aliphatic heterocycles. The number of ether oxygens (including phenoxy) is 1. The van der Waals surface area contributed by atoms with Gasteiger partial charge in [-0.25, -0.2) is 0 Å². The molecule has 1 saturated carbocycles. The third kappa shape index (κ3) is 3.53. The van der Waals surface area contributed by atoms with Crippen molar-refractivity contribution < 1.29 is 4.74 Å². The first-order chi connectivity index (χ1) is 9.22. The van der Waals surface area contributed by atoms with Crippen molar-refractivity contribution in [3.8, 4) is 0 Å². The third-order valence-corrected chi connectivity index (χ3v) is 3.96. The number of nitrogens with zero attached hydrogens (tertiary/aromatic N) is 1. The molecule has 1 aliphatic carbocycles. The van der Waals surface area contributed by atoms with Crippen molar-refractivity contribution in [1.29, 1.82) is 5.41 Å². The van der Waals surface area contributed by atoms with E-state index in [4.69, 9.17) is 15.9 Å². The van der Waals surface area contributed by atoms with Gasteiger partial charge in [0.25, 0.3) is 0 Å². The number of nitrogens with two attached hydrogens (primary N) is 1. The molecule has 1 fully saturated rings.